The smallest absolute Gasteiger partial charge is 0.350 e. The van der Waals surface area contributed by atoms with Crippen molar-refractivity contribution in [1.82, 2.24) is 30.0 Å². The Morgan fingerprint density at radius 2 is 2.19 bits per heavy atom. The minimum Gasteiger partial charge on any atom is -0.507 e. The van der Waals surface area contributed by atoms with Crippen LogP contribution in [0.25, 0.3) is 22.0 Å². The Bertz CT molecular complexity index is 1220. The highest BCUT2D eigenvalue weighted by Gasteiger charge is 2.53. The Labute approximate surface area is 188 Å². The molecule has 2 aliphatic heterocycles. The number of rotatable bonds is 4. The molecule has 0 radical (unpaired) electrons. The van der Waals surface area contributed by atoms with Gasteiger partial charge in [-0.05, 0) is 37.8 Å². The largest absolute Gasteiger partial charge is 0.507 e. The third-order valence-corrected chi connectivity index (χ3v) is 7.75. The molecule has 3 aromatic rings. The van der Waals surface area contributed by atoms with Crippen LogP contribution < -0.4 is 15.9 Å². The lowest BCUT2D eigenvalue weighted by molar-refractivity contribution is 0.0105. The number of halogens is 1. The molecule has 1 aromatic carbocycles. The van der Waals surface area contributed by atoms with Crippen LogP contribution in [0.1, 0.15) is 19.8 Å². The fourth-order valence-electron chi connectivity index (χ4n) is 4.67. The Morgan fingerprint density at radius 3 is 2.88 bits per heavy atom. The van der Waals surface area contributed by atoms with Crippen molar-refractivity contribution < 1.29 is 9.50 Å². The highest BCUT2D eigenvalue weighted by molar-refractivity contribution is 7.18. The van der Waals surface area contributed by atoms with Crippen LogP contribution in [0.3, 0.4) is 0 Å². The van der Waals surface area contributed by atoms with Crippen LogP contribution in [-0.2, 0) is 7.05 Å². The van der Waals surface area contributed by atoms with Crippen LogP contribution in [0.2, 0.25) is 0 Å². The van der Waals surface area contributed by atoms with E-state index in [1.165, 1.54) is 28.3 Å². The number of aromatic hydroxyl groups is 1. The average molecular weight is 458 g/mol. The third-order valence-electron chi connectivity index (χ3n) is 6.70. The molecule has 0 amide bonds. The molecule has 1 aliphatic carbocycles. The molecular formula is C21H24FN7O2S. The van der Waals surface area contributed by atoms with E-state index in [1.807, 2.05) is 18.9 Å². The summed E-state index contributed by atoms with van der Waals surface area (Å²) in [5.74, 6) is 0.431. The van der Waals surface area contributed by atoms with Gasteiger partial charge in [0.2, 0.25) is 5.13 Å². The number of anilines is 1. The summed E-state index contributed by atoms with van der Waals surface area (Å²) < 4.78 is 16.6. The number of benzene rings is 1. The van der Waals surface area contributed by atoms with Crippen molar-refractivity contribution in [2.45, 2.75) is 37.5 Å². The van der Waals surface area contributed by atoms with E-state index in [4.69, 9.17) is 0 Å². The van der Waals surface area contributed by atoms with Crippen molar-refractivity contribution in [3.8, 4) is 27.7 Å². The number of aromatic nitrogens is 5. The summed E-state index contributed by atoms with van der Waals surface area (Å²) in [6, 6.07) is 4.66. The van der Waals surface area contributed by atoms with Crippen LogP contribution in [0, 0.1) is 5.92 Å². The van der Waals surface area contributed by atoms with E-state index in [1.54, 1.807) is 19.2 Å². The number of alkyl halides is 1. The molecule has 6 rings (SSSR count). The Hall–Kier alpha value is -2.92. The number of fused-ring (bicyclic) bond motifs is 3. The van der Waals surface area contributed by atoms with Crippen molar-refractivity contribution in [1.29, 1.82) is 0 Å². The minimum absolute atomic E-state index is 0.0195. The number of aryl methyl sites for hydroxylation is 1. The summed E-state index contributed by atoms with van der Waals surface area (Å²) in [6.07, 6.45) is 2.20. The molecule has 3 aliphatic rings. The maximum absolute atomic E-state index is 15.3. The highest BCUT2D eigenvalue weighted by atomic mass is 32.1. The standard InChI is InChI=1S/C21H24FN7O2S/c1-21-7-6-12(9-24-21)15(16(21)22)29(3)20-27-26-18(32-20)13-5-4-11(8-14(13)30)17-23-10-28(2)19(31)25-17/h4-5,8,10,12,15-16,24,30H,6-7,9H2,1-3H3/t12-,15-,16+,21-/m1/s1. The number of nitrogens with one attached hydrogen (secondary N) is 1. The Balaban J connectivity index is 1.41. The summed E-state index contributed by atoms with van der Waals surface area (Å²) >= 11 is 1.31. The summed E-state index contributed by atoms with van der Waals surface area (Å²) in [4.78, 5) is 21.7. The Morgan fingerprint density at radius 1 is 1.38 bits per heavy atom. The van der Waals surface area contributed by atoms with Crippen molar-refractivity contribution >= 4 is 16.5 Å². The summed E-state index contributed by atoms with van der Waals surface area (Å²) in [7, 11) is 3.43. The van der Waals surface area contributed by atoms with Crippen LogP contribution in [0.15, 0.2) is 29.3 Å². The second-order valence-electron chi connectivity index (χ2n) is 8.80. The van der Waals surface area contributed by atoms with E-state index in [0.29, 0.717) is 21.3 Å². The summed E-state index contributed by atoms with van der Waals surface area (Å²) in [5, 5.41) is 23.6. The Kier molecular flexibility index (Phi) is 4.97. The molecule has 2 aromatic heterocycles. The molecule has 2 bridgehead atoms. The molecule has 32 heavy (non-hydrogen) atoms. The maximum atomic E-state index is 15.3. The predicted octanol–water partition coefficient (Wildman–Crippen LogP) is 1.98. The van der Waals surface area contributed by atoms with E-state index >= 15 is 4.39 Å². The van der Waals surface area contributed by atoms with Crippen molar-refractivity contribution in [3.05, 3.63) is 35.0 Å². The lowest BCUT2D eigenvalue weighted by Gasteiger charge is -2.54. The van der Waals surface area contributed by atoms with E-state index in [-0.39, 0.29) is 23.5 Å². The zero-order valence-corrected chi connectivity index (χ0v) is 18.8. The number of piperidine rings is 2. The average Bonchev–Trinajstić information content (AvgIpc) is 3.26. The molecule has 0 unspecified atom stereocenters. The first-order valence-electron chi connectivity index (χ1n) is 10.5. The second-order valence-corrected chi connectivity index (χ2v) is 9.75. The molecule has 2 saturated heterocycles. The molecule has 9 nitrogen and oxygen atoms in total. The molecule has 3 fully saturated rings. The van der Waals surface area contributed by atoms with Gasteiger partial charge in [-0.25, -0.2) is 14.2 Å². The van der Waals surface area contributed by atoms with Crippen molar-refractivity contribution in [2.75, 3.05) is 18.5 Å². The first-order valence-corrected chi connectivity index (χ1v) is 11.3. The first-order chi connectivity index (χ1) is 15.3. The van der Waals surface area contributed by atoms with Crippen LogP contribution >= 0.6 is 11.3 Å². The number of phenolic OH excluding ortho intramolecular Hbond substituents is 1. The van der Waals surface area contributed by atoms with Crippen LogP contribution in [0.4, 0.5) is 9.52 Å². The third kappa shape index (κ3) is 3.36. The van der Waals surface area contributed by atoms with E-state index in [0.717, 1.165) is 19.4 Å². The molecule has 11 heteroatoms. The predicted molar refractivity (Wildman–Crippen MR) is 119 cm³/mol. The van der Waals surface area contributed by atoms with Gasteiger partial charge in [-0.2, -0.15) is 4.98 Å². The summed E-state index contributed by atoms with van der Waals surface area (Å²) in [5.41, 5.74) is 0.0906. The maximum Gasteiger partial charge on any atom is 0.350 e. The quantitative estimate of drug-likeness (QED) is 0.612. The van der Waals surface area contributed by atoms with Gasteiger partial charge in [-0.1, -0.05) is 17.4 Å². The molecule has 4 heterocycles. The monoisotopic (exact) mass is 457 g/mol. The lowest BCUT2D eigenvalue weighted by atomic mass is 9.68. The van der Waals surface area contributed by atoms with Gasteiger partial charge >= 0.3 is 5.69 Å². The molecule has 168 valence electrons. The zero-order valence-electron chi connectivity index (χ0n) is 18.0. The number of nitrogens with zero attached hydrogens (tertiary/aromatic N) is 6. The fourth-order valence-corrected chi connectivity index (χ4v) is 5.55. The van der Waals surface area contributed by atoms with Crippen molar-refractivity contribution in [2.24, 2.45) is 13.0 Å². The van der Waals surface area contributed by atoms with Crippen LogP contribution in [0.5, 0.6) is 5.75 Å². The topological polar surface area (TPSA) is 109 Å². The van der Waals surface area contributed by atoms with Gasteiger partial charge in [0.05, 0.1) is 11.6 Å². The number of phenols is 1. The van der Waals surface area contributed by atoms with E-state index in [9.17, 15) is 9.90 Å². The van der Waals surface area contributed by atoms with Crippen LogP contribution in [-0.4, -0.2) is 61.2 Å². The van der Waals surface area contributed by atoms with Gasteiger partial charge in [0.25, 0.3) is 0 Å². The normalized spacial score (nSPS) is 26.9. The zero-order chi connectivity index (χ0) is 22.6. The molecule has 4 atom stereocenters. The lowest BCUT2D eigenvalue weighted by Crippen LogP contribution is -2.70. The first kappa shape index (κ1) is 21.0. The minimum atomic E-state index is -1.00. The van der Waals surface area contributed by atoms with Gasteiger partial charge in [-0.15, -0.1) is 10.2 Å². The fraction of sp³-hybridized carbons (Fsp3) is 0.476. The van der Waals surface area contributed by atoms with Crippen molar-refractivity contribution in [3.63, 3.8) is 0 Å². The molecule has 2 N–H and O–H groups in total. The number of hydrogen-bond acceptors (Lipinski definition) is 9. The highest BCUT2D eigenvalue weighted by Crippen LogP contribution is 2.43. The van der Waals surface area contributed by atoms with Gasteiger partial charge in [0.15, 0.2) is 10.8 Å². The van der Waals surface area contributed by atoms with E-state index < -0.39 is 17.4 Å². The number of hydrogen-bond donors (Lipinski definition) is 2. The summed E-state index contributed by atoms with van der Waals surface area (Å²) in [6.45, 7) is 2.75. The molecule has 1 saturated carbocycles. The molecule has 0 spiro atoms. The van der Waals surface area contributed by atoms with Gasteiger partial charge in [0.1, 0.15) is 18.2 Å². The molecular weight excluding hydrogens is 433 g/mol. The van der Waals surface area contributed by atoms with Gasteiger partial charge < -0.3 is 15.3 Å². The van der Waals surface area contributed by atoms with Gasteiger partial charge in [0, 0.05) is 31.7 Å². The second kappa shape index (κ2) is 7.59. The van der Waals surface area contributed by atoms with Gasteiger partial charge in [-0.3, -0.25) is 4.57 Å². The SMILES string of the molecule is CN(c1nnc(-c2ccc(-c3ncn(C)c(=O)n3)cc2O)s1)[C@@H]1[C@@H]2CC[C@@](C)(NC2)[C@H]1F. The van der Waals surface area contributed by atoms with E-state index in [2.05, 4.69) is 25.5 Å².